The lowest BCUT2D eigenvalue weighted by atomic mass is 10.2. The second-order valence-electron chi connectivity index (χ2n) is 1.73. The van der Waals surface area contributed by atoms with Gasteiger partial charge in [0.2, 0.25) is 0 Å². The van der Waals surface area contributed by atoms with Crippen molar-refractivity contribution in [3.8, 4) is 0 Å². The summed E-state index contributed by atoms with van der Waals surface area (Å²) in [6.45, 7) is 0. The highest BCUT2D eigenvalue weighted by atomic mass is 32.2. The summed E-state index contributed by atoms with van der Waals surface area (Å²) in [5.41, 5.74) is 5.19. The quantitative estimate of drug-likeness (QED) is 0.506. The van der Waals surface area contributed by atoms with E-state index in [-0.39, 0.29) is 38.3 Å². The van der Waals surface area contributed by atoms with Crippen molar-refractivity contribution in [2.24, 2.45) is 5.73 Å². The van der Waals surface area contributed by atoms with Crippen LogP contribution in [0, 0.1) is 0 Å². The molecule has 11 heteroatoms. The molecule has 0 heterocycles. The molecule has 10 nitrogen and oxygen atoms in total. The molecule has 0 aromatic carbocycles. The van der Waals surface area contributed by atoms with Crippen LogP contribution in [-0.2, 0) is 4.79 Å². The Bertz CT molecular complexity index is 106. The maximum Gasteiger partial charge on any atom is 0.320 e. The third kappa shape index (κ3) is 37.5. The Hall–Kier alpha value is -0.500. The van der Waals surface area contributed by atoms with Crippen LogP contribution in [0.25, 0.3) is 0 Å². The van der Waals surface area contributed by atoms with E-state index in [0.717, 1.165) is 5.75 Å². The van der Waals surface area contributed by atoms with Gasteiger partial charge in [0.15, 0.2) is 0 Å². The number of carbonyl (C=O) groups is 1. The normalized spacial score (nSPS) is 7.38. The zero-order valence-electron chi connectivity index (χ0n) is 8.83. The van der Waals surface area contributed by atoms with E-state index in [9.17, 15) is 4.79 Å². The maximum absolute atomic E-state index is 10.1. The average Bonchev–Trinajstić information content (AvgIpc) is 1.82. The van der Waals surface area contributed by atoms with Crippen molar-refractivity contribution in [2.75, 3.05) is 12.0 Å². The number of aliphatic carboxylic acids is 1. The van der Waals surface area contributed by atoms with Gasteiger partial charge >= 0.3 is 5.97 Å². The summed E-state index contributed by atoms with van der Waals surface area (Å²) in [6.07, 6.45) is 2.48. The molecule has 0 aromatic rings. The summed E-state index contributed by atoms with van der Waals surface area (Å²) >= 11 is 1.60. The van der Waals surface area contributed by atoms with Gasteiger partial charge in [-0.1, -0.05) is 0 Å². The first-order valence-corrected chi connectivity index (χ1v) is 4.05. The van der Waals surface area contributed by atoms with E-state index in [1.54, 1.807) is 11.8 Å². The van der Waals surface area contributed by atoms with E-state index >= 15 is 0 Å². The van der Waals surface area contributed by atoms with E-state index in [4.69, 9.17) is 10.8 Å². The van der Waals surface area contributed by atoms with Crippen LogP contribution in [0.5, 0.6) is 0 Å². The Morgan fingerprint density at radius 1 is 1.12 bits per heavy atom. The summed E-state index contributed by atoms with van der Waals surface area (Å²) in [5.74, 6) is -0.1000. The predicted octanol–water partition coefficient (Wildman–Crippen LogP) is -5.62. The van der Waals surface area contributed by atoms with Crippen LogP contribution in [0.4, 0.5) is 0 Å². The molecule has 0 saturated heterocycles. The van der Waals surface area contributed by atoms with Gasteiger partial charge in [-0.3, -0.25) is 4.79 Å². The number of rotatable bonds is 4. The first-order valence-electron chi connectivity index (χ1n) is 2.65. The molecule has 0 rings (SSSR count). The average molecular weight is 275 g/mol. The molecule has 0 bridgehead atoms. The van der Waals surface area contributed by atoms with Crippen LogP contribution in [0.2, 0.25) is 0 Å². The fraction of sp³-hybridized carbons (Fsp3) is 0.800. The lowest BCUT2D eigenvalue weighted by molar-refractivity contribution is -0.138. The SMILES string of the molecule is CSCC[C@H](N)C(=O)O.O.O.O.O.O.O.O. The van der Waals surface area contributed by atoms with Gasteiger partial charge in [-0.2, -0.15) is 11.8 Å². The molecule has 0 aliphatic heterocycles. The summed E-state index contributed by atoms with van der Waals surface area (Å²) in [4.78, 5) is 10.1. The van der Waals surface area contributed by atoms with Gasteiger partial charge in [0, 0.05) is 0 Å². The molecule has 0 radical (unpaired) electrons. The summed E-state index contributed by atoms with van der Waals surface area (Å²) in [6, 6.07) is -0.683. The van der Waals surface area contributed by atoms with Crippen LogP contribution in [0.15, 0.2) is 0 Å². The summed E-state index contributed by atoms with van der Waals surface area (Å²) < 4.78 is 0. The first kappa shape index (κ1) is 57.9. The minimum atomic E-state index is -0.913. The van der Waals surface area contributed by atoms with Crippen molar-refractivity contribution >= 4 is 17.7 Å². The molecule has 1 atom stereocenters. The van der Waals surface area contributed by atoms with E-state index in [0.29, 0.717) is 6.42 Å². The molecule has 0 saturated carbocycles. The molecule has 0 fully saturated rings. The molecule has 0 spiro atoms. The highest BCUT2D eigenvalue weighted by Gasteiger charge is 2.08. The van der Waals surface area contributed by atoms with Gasteiger partial charge in [0.05, 0.1) is 0 Å². The van der Waals surface area contributed by atoms with Crippen LogP contribution in [0.1, 0.15) is 6.42 Å². The van der Waals surface area contributed by atoms with Gasteiger partial charge in [-0.15, -0.1) is 0 Å². The first-order chi connectivity index (χ1) is 4.18. The second-order valence-corrected chi connectivity index (χ2v) is 2.71. The van der Waals surface area contributed by atoms with Gasteiger partial charge in [0.25, 0.3) is 0 Å². The summed E-state index contributed by atoms with van der Waals surface area (Å²) in [7, 11) is 0. The minimum absolute atomic E-state index is 0. The third-order valence-electron chi connectivity index (χ3n) is 0.950. The van der Waals surface area contributed by atoms with Gasteiger partial charge in [-0.05, 0) is 18.4 Å². The van der Waals surface area contributed by atoms with Crippen molar-refractivity contribution in [1.29, 1.82) is 0 Å². The number of nitrogens with two attached hydrogens (primary N) is 1. The number of hydrogen-bond acceptors (Lipinski definition) is 3. The number of carboxylic acid groups (broad SMARTS) is 1. The molecule has 110 valence electrons. The van der Waals surface area contributed by atoms with E-state index in [1.165, 1.54) is 0 Å². The Kier molecular flexibility index (Phi) is 132. The lowest BCUT2D eigenvalue weighted by Crippen LogP contribution is -2.30. The monoisotopic (exact) mass is 275 g/mol. The topological polar surface area (TPSA) is 284 Å². The second kappa shape index (κ2) is 36.6. The Morgan fingerprint density at radius 3 is 1.62 bits per heavy atom. The molecule has 17 N–H and O–H groups in total. The van der Waals surface area contributed by atoms with Crippen LogP contribution in [-0.4, -0.2) is 67.5 Å². The number of thioether (sulfide) groups is 1. The van der Waals surface area contributed by atoms with E-state index < -0.39 is 12.0 Å². The van der Waals surface area contributed by atoms with Crippen LogP contribution in [0.3, 0.4) is 0 Å². The highest BCUT2D eigenvalue weighted by Crippen LogP contribution is 1.97. The number of hydrogen-bond donors (Lipinski definition) is 2. The van der Waals surface area contributed by atoms with Crippen LogP contribution >= 0.6 is 11.8 Å². The van der Waals surface area contributed by atoms with Gasteiger partial charge < -0.3 is 49.2 Å². The molecular formula is C5H25NO9S. The smallest absolute Gasteiger partial charge is 0.320 e. The summed E-state index contributed by atoms with van der Waals surface area (Å²) in [5, 5.41) is 8.27. The Labute approximate surface area is 97.0 Å². The van der Waals surface area contributed by atoms with E-state index in [1.807, 2.05) is 6.26 Å². The fourth-order valence-electron chi connectivity index (χ4n) is 0.368. The molecule has 0 aliphatic rings. The molecule has 16 heavy (non-hydrogen) atoms. The van der Waals surface area contributed by atoms with Crippen molar-refractivity contribution in [3.63, 3.8) is 0 Å². The molecular weight excluding hydrogens is 250 g/mol. The molecule has 0 amide bonds. The van der Waals surface area contributed by atoms with Crippen molar-refractivity contribution in [2.45, 2.75) is 12.5 Å². The Morgan fingerprint density at radius 2 is 1.44 bits per heavy atom. The largest absolute Gasteiger partial charge is 0.480 e. The molecule has 0 aromatic heterocycles. The zero-order chi connectivity index (χ0) is 7.28. The minimum Gasteiger partial charge on any atom is -0.480 e. The third-order valence-corrected chi connectivity index (χ3v) is 1.59. The van der Waals surface area contributed by atoms with E-state index in [2.05, 4.69) is 0 Å². The van der Waals surface area contributed by atoms with Crippen LogP contribution < -0.4 is 5.73 Å². The maximum atomic E-state index is 10.1. The Balaban J connectivity index is -0.0000000152. The molecule has 0 aliphatic carbocycles. The fourth-order valence-corrected chi connectivity index (χ4v) is 0.858. The highest BCUT2D eigenvalue weighted by molar-refractivity contribution is 7.98. The zero-order valence-corrected chi connectivity index (χ0v) is 9.65. The van der Waals surface area contributed by atoms with Gasteiger partial charge in [0.1, 0.15) is 6.04 Å². The van der Waals surface area contributed by atoms with Crippen molar-refractivity contribution in [1.82, 2.24) is 0 Å². The van der Waals surface area contributed by atoms with Gasteiger partial charge in [-0.25, -0.2) is 0 Å². The standard InChI is InChI=1S/C5H11NO2S.7H2O/c1-9-3-2-4(6)5(7)8;;;;;;;/h4H,2-3,6H2,1H3,(H,7,8);7*1H2/t4-;;;;;;;/m0......./s1. The molecule has 0 unspecified atom stereocenters. The van der Waals surface area contributed by atoms with Crippen molar-refractivity contribution in [3.05, 3.63) is 0 Å². The van der Waals surface area contributed by atoms with Crippen molar-refractivity contribution < 1.29 is 48.2 Å². The number of carboxylic acids is 1. The lowest BCUT2D eigenvalue weighted by Gasteiger charge is -2.02. The predicted molar refractivity (Wildman–Crippen MR) is 63.9 cm³/mol.